The number of alkyl halides is 2. The van der Waals surface area contributed by atoms with Gasteiger partial charge in [0.1, 0.15) is 12.2 Å². The number of aryl methyl sites for hydroxylation is 2. The number of nitrogens with zero attached hydrogens (tertiary/aromatic N) is 4. The molecule has 0 atom stereocenters. The number of hydrogen-bond donors (Lipinski definition) is 1. The van der Waals surface area contributed by atoms with Crippen LogP contribution in [0.1, 0.15) is 28.9 Å². The molecular formula is C18H19F2N5O. The van der Waals surface area contributed by atoms with E-state index in [1.807, 2.05) is 25.1 Å². The lowest BCUT2D eigenvalue weighted by molar-refractivity contribution is -0.117. The summed E-state index contributed by atoms with van der Waals surface area (Å²) in [4.78, 5) is 12.1. The van der Waals surface area contributed by atoms with E-state index in [0.29, 0.717) is 17.9 Å². The Labute approximate surface area is 149 Å². The van der Waals surface area contributed by atoms with E-state index >= 15 is 0 Å². The van der Waals surface area contributed by atoms with Crippen LogP contribution < -0.4 is 5.32 Å². The van der Waals surface area contributed by atoms with Gasteiger partial charge < -0.3 is 5.32 Å². The van der Waals surface area contributed by atoms with Gasteiger partial charge >= 0.3 is 0 Å². The van der Waals surface area contributed by atoms with E-state index in [9.17, 15) is 13.6 Å². The average molecular weight is 359 g/mol. The number of carbonyl (C=O) groups is 1. The van der Waals surface area contributed by atoms with Crippen molar-refractivity contribution in [3.8, 4) is 0 Å². The van der Waals surface area contributed by atoms with Crippen LogP contribution in [0.4, 0.5) is 14.5 Å². The SMILES string of the molecule is Cc1cccc(Cn2cc(NC(=O)Cn3nc(C(F)F)cc3C)cn2)c1. The quantitative estimate of drug-likeness (QED) is 0.734. The van der Waals surface area contributed by atoms with Crippen molar-refractivity contribution in [3.05, 3.63) is 65.2 Å². The Bertz CT molecular complexity index is 916. The van der Waals surface area contributed by atoms with E-state index in [-0.39, 0.29) is 18.1 Å². The highest BCUT2D eigenvalue weighted by Gasteiger charge is 2.15. The molecule has 0 saturated heterocycles. The Hall–Kier alpha value is -3.03. The average Bonchev–Trinajstić information content (AvgIpc) is 3.14. The molecule has 0 radical (unpaired) electrons. The zero-order valence-electron chi connectivity index (χ0n) is 14.5. The number of amides is 1. The predicted octanol–water partition coefficient (Wildman–Crippen LogP) is 3.32. The second-order valence-corrected chi connectivity index (χ2v) is 6.13. The maximum absolute atomic E-state index is 12.7. The molecule has 26 heavy (non-hydrogen) atoms. The molecule has 1 N–H and O–H groups in total. The van der Waals surface area contributed by atoms with Gasteiger partial charge in [-0.1, -0.05) is 29.8 Å². The standard InChI is InChI=1S/C18H19F2N5O/c1-12-4-3-5-14(6-12)9-24-10-15(8-21-24)22-17(26)11-25-13(2)7-16(23-25)18(19)20/h3-8,10,18H,9,11H2,1-2H3,(H,22,26). The Morgan fingerprint density at radius 3 is 2.77 bits per heavy atom. The van der Waals surface area contributed by atoms with Gasteiger partial charge in [-0.3, -0.25) is 14.2 Å². The number of halogens is 2. The fraction of sp³-hybridized carbons (Fsp3) is 0.278. The third kappa shape index (κ3) is 4.33. The van der Waals surface area contributed by atoms with Crippen molar-refractivity contribution in [2.24, 2.45) is 0 Å². The van der Waals surface area contributed by atoms with E-state index in [4.69, 9.17) is 0 Å². The monoisotopic (exact) mass is 359 g/mol. The smallest absolute Gasteiger partial charge is 0.282 e. The van der Waals surface area contributed by atoms with Gasteiger partial charge in [0.2, 0.25) is 5.91 Å². The summed E-state index contributed by atoms with van der Waals surface area (Å²) in [5, 5.41) is 10.7. The highest BCUT2D eigenvalue weighted by atomic mass is 19.3. The summed E-state index contributed by atoms with van der Waals surface area (Å²) in [6.07, 6.45) is 0.618. The third-order valence-electron chi connectivity index (χ3n) is 3.86. The van der Waals surface area contributed by atoms with Crippen LogP contribution in [0, 0.1) is 13.8 Å². The first-order valence-corrected chi connectivity index (χ1v) is 8.11. The van der Waals surface area contributed by atoms with Crippen LogP contribution in [0.15, 0.2) is 42.7 Å². The molecule has 0 spiro atoms. The van der Waals surface area contributed by atoms with Crippen molar-refractivity contribution < 1.29 is 13.6 Å². The lowest BCUT2D eigenvalue weighted by Crippen LogP contribution is -2.20. The minimum Gasteiger partial charge on any atom is -0.322 e. The number of benzene rings is 1. The van der Waals surface area contributed by atoms with E-state index in [1.54, 1.807) is 24.0 Å². The van der Waals surface area contributed by atoms with Crippen molar-refractivity contribution in [1.29, 1.82) is 0 Å². The molecule has 2 heterocycles. The van der Waals surface area contributed by atoms with Gasteiger partial charge in [-0.25, -0.2) is 8.78 Å². The molecule has 0 aliphatic rings. The Morgan fingerprint density at radius 2 is 2.08 bits per heavy atom. The lowest BCUT2D eigenvalue weighted by atomic mass is 10.1. The van der Waals surface area contributed by atoms with E-state index < -0.39 is 6.43 Å². The van der Waals surface area contributed by atoms with Crippen LogP contribution in [0.25, 0.3) is 0 Å². The summed E-state index contributed by atoms with van der Waals surface area (Å²) in [5.41, 5.74) is 2.99. The molecule has 0 aliphatic heterocycles. The van der Waals surface area contributed by atoms with Crippen molar-refractivity contribution in [2.45, 2.75) is 33.4 Å². The summed E-state index contributed by atoms with van der Waals surface area (Å²) in [6.45, 7) is 4.11. The van der Waals surface area contributed by atoms with Gasteiger partial charge in [0.05, 0.1) is 18.4 Å². The molecule has 2 aromatic heterocycles. The summed E-state index contributed by atoms with van der Waals surface area (Å²) in [6, 6.07) is 9.36. The number of nitrogens with one attached hydrogen (secondary N) is 1. The third-order valence-corrected chi connectivity index (χ3v) is 3.86. The van der Waals surface area contributed by atoms with Crippen molar-refractivity contribution in [1.82, 2.24) is 19.6 Å². The van der Waals surface area contributed by atoms with Crippen LogP contribution in [0.3, 0.4) is 0 Å². The predicted molar refractivity (Wildman–Crippen MR) is 93.1 cm³/mol. The first-order valence-electron chi connectivity index (χ1n) is 8.11. The summed E-state index contributed by atoms with van der Waals surface area (Å²) in [5.74, 6) is -0.355. The van der Waals surface area contributed by atoms with Gasteiger partial charge in [0.15, 0.2) is 0 Å². The normalized spacial score (nSPS) is 11.1. The van der Waals surface area contributed by atoms with Crippen LogP contribution in [0.2, 0.25) is 0 Å². The molecule has 3 rings (SSSR count). The molecule has 8 heteroatoms. The number of carbonyl (C=O) groups excluding carboxylic acids is 1. The molecule has 0 fully saturated rings. The summed E-state index contributed by atoms with van der Waals surface area (Å²) < 4.78 is 28.3. The van der Waals surface area contributed by atoms with Gasteiger partial charge in [-0.15, -0.1) is 0 Å². The molecule has 0 unspecified atom stereocenters. The highest BCUT2D eigenvalue weighted by Crippen LogP contribution is 2.18. The maximum Gasteiger partial charge on any atom is 0.282 e. The summed E-state index contributed by atoms with van der Waals surface area (Å²) in [7, 11) is 0. The van der Waals surface area contributed by atoms with Gasteiger partial charge in [-0.05, 0) is 25.5 Å². The molecular weight excluding hydrogens is 340 g/mol. The lowest BCUT2D eigenvalue weighted by Gasteiger charge is -2.05. The van der Waals surface area contributed by atoms with Crippen molar-refractivity contribution in [3.63, 3.8) is 0 Å². The maximum atomic E-state index is 12.7. The Morgan fingerprint density at radius 1 is 1.27 bits per heavy atom. The van der Waals surface area contributed by atoms with Gasteiger partial charge in [0.25, 0.3) is 6.43 Å². The van der Waals surface area contributed by atoms with Crippen LogP contribution in [-0.2, 0) is 17.9 Å². The highest BCUT2D eigenvalue weighted by molar-refractivity contribution is 5.90. The molecule has 6 nitrogen and oxygen atoms in total. The van der Waals surface area contributed by atoms with Crippen molar-refractivity contribution >= 4 is 11.6 Å². The number of aromatic nitrogens is 4. The minimum absolute atomic E-state index is 0.137. The van der Waals surface area contributed by atoms with E-state index in [0.717, 1.165) is 5.56 Å². The molecule has 0 bridgehead atoms. The molecule has 0 saturated carbocycles. The number of hydrogen-bond acceptors (Lipinski definition) is 3. The van der Waals surface area contributed by atoms with Crippen LogP contribution in [-0.4, -0.2) is 25.5 Å². The molecule has 136 valence electrons. The van der Waals surface area contributed by atoms with Crippen molar-refractivity contribution in [2.75, 3.05) is 5.32 Å². The minimum atomic E-state index is -2.65. The first kappa shape index (κ1) is 17.8. The first-order chi connectivity index (χ1) is 12.4. The topological polar surface area (TPSA) is 64.7 Å². The second kappa shape index (κ2) is 7.47. The van der Waals surface area contributed by atoms with Gasteiger partial charge in [0, 0.05) is 11.9 Å². The number of rotatable bonds is 6. The molecule has 1 amide bonds. The molecule has 0 aliphatic carbocycles. The zero-order chi connectivity index (χ0) is 18.7. The Balaban J connectivity index is 1.61. The number of anilines is 1. The van der Waals surface area contributed by atoms with E-state index in [2.05, 4.69) is 21.6 Å². The fourth-order valence-corrected chi connectivity index (χ4v) is 2.65. The second-order valence-electron chi connectivity index (χ2n) is 6.13. The fourth-order valence-electron chi connectivity index (χ4n) is 2.65. The zero-order valence-corrected chi connectivity index (χ0v) is 14.5. The molecule has 1 aromatic carbocycles. The Kier molecular flexibility index (Phi) is 5.11. The van der Waals surface area contributed by atoms with Gasteiger partial charge in [-0.2, -0.15) is 10.2 Å². The molecule has 3 aromatic rings. The van der Waals surface area contributed by atoms with Crippen LogP contribution >= 0.6 is 0 Å². The largest absolute Gasteiger partial charge is 0.322 e. The van der Waals surface area contributed by atoms with E-state index in [1.165, 1.54) is 16.3 Å². The summed E-state index contributed by atoms with van der Waals surface area (Å²) >= 11 is 0. The van der Waals surface area contributed by atoms with Crippen LogP contribution in [0.5, 0.6) is 0 Å².